The Morgan fingerprint density at radius 3 is 2.56 bits per heavy atom. The van der Waals surface area contributed by atoms with Crippen LogP contribution in [-0.4, -0.2) is 41.6 Å². The molecule has 0 spiro atoms. The Morgan fingerprint density at radius 1 is 1.21 bits per heavy atom. The first-order chi connectivity index (χ1) is 16.3. The van der Waals surface area contributed by atoms with Crippen LogP contribution in [0.2, 0.25) is 5.02 Å². The monoisotopic (exact) mass is 487 g/mol. The van der Waals surface area contributed by atoms with Gasteiger partial charge in [-0.3, -0.25) is 9.59 Å². The van der Waals surface area contributed by atoms with E-state index in [-0.39, 0.29) is 10.6 Å². The van der Waals surface area contributed by atoms with Crippen LogP contribution in [0.5, 0.6) is 11.5 Å². The number of rotatable bonds is 8. The van der Waals surface area contributed by atoms with E-state index in [2.05, 4.69) is 10.4 Å². The number of carbonyl (C=O) groups is 1. The molecule has 2 aromatic rings. The molecule has 9 heteroatoms. The second kappa shape index (κ2) is 8.48. The Hall–Kier alpha value is -2.74. The molecule has 4 saturated carbocycles. The molecule has 4 aliphatic rings. The molecular formula is C25H30ClN3O5. The van der Waals surface area contributed by atoms with Gasteiger partial charge in [0.05, 0.1) is 37.1 Å². The molecule has 0 aliphatic heterocycles. The van der Waals surface area contributed by atoms with Gasteiger partial charge in [-0.25, -0.2) is 4.68 Å². The summed E-state index contributed by atoms with van der Waals surface area (Å²) in [5.74, 6) is 1.24. The van der Waals surface area contributed by atoms with Crippen molar-refractivity contribution in [2.24, 2.45) is 17.3 Å². The van der Waals surface area contributed by atoms with E-state index >= 15 is 0 Å². The van der Waals surface area contributed by atoms with Crippen LogP contribution in [0.1, 0.15) is 44.1 Å². The molecule has 2 unspecified atom stereocenters. The minimum absolute atomic E-state index is 0.0995. The maximum atomic E-state index is 13.3. The van der Waals surface area contributed by atoms with E-state index < -0.39 is 16.9 Å². The molecule has 4 aliphatic carbocycles. The van der Waals surface area contributed by atoms with Crippen LogP contribution in [0, 0.1) is 17.3 Å². The van der Waals surface area contributed by atoms with Crippen LogP contribution in [0.4, 0.5) is 5.69 Å². The van der Waals surface area contributed by atoms with E-state index in [1.54, 1.807) is 20.4 Å². The van der Waals surface area contributed by atoms with Gasteiger partial charge in [-0.05, 0) is 74.5 Å². The summed E-state index contributed by atoms with van der Waals surface area (Å²) >= 11 is 6.52. The first kappa shape index (κ1) is 23.0. The first-order valence-electron chi connectivity index (χ1n) is 11.8. The van der Waals surface area contributed by atoms with Crippen molar-refractivity contribution in [2.45, 2.75) is 50.5 Å². The number of aromatic nitrogens is 2. The van der Waals surface area contributed by atoms with Crippen LogP contribution in [0.15, 0.2) is 29.2 Å². The Balaban J connectivity index is 1.34. The van der Waals surface area contributed by atoms with Crippen molar-refractivity contribution in [1.29, 1.82) is 0 Å². The molecule has 1 aromatic heterocycles. The molecule has 182 valence electrons. The zero-order chi connectivity index (χ0) is 24.1. The SMILES string of the molecule is COc1ccc(CCNc2cnn(C34CC5CC(CC(C(=O)O)(C5)C3)C4)c(=O)c2Cl)cc1OC. The summed E-state index contributed by atoms with van der Waals surface area (Å²) in [6.45, 7) is 0.553. The maximum absolute atomic E-state index is 13.3. The van der Waals surface area contributed by atoms with E-state index in [0.29, 0.717) is 61.3 Å². The molecule has 2 atom stereocenters. The highest BCUT2D eigenvalue weighted by Gasteiger charge is 2.62. The number of carboxylic acid groups (broad SMARTS) is 1. The van der Waals surface area contributed by atoms with Crippen LogP contribution < -0.4 is 20.3 Å². The van der Waals surface area contributed by atoms with Crippen LogP contribution >= 0.6 is 11.6 Å². The zero-order valence-corrected chi connectivity index (χ0v) is 20.2. The van der Waals surface area contributed by atoms with Crippen molar-refractivity contribution in [1.82, 2.24) is 9.78 Å². The van der Waals surface area contributed by atoms with Crippen molar-refractivity contribution in [3.8, 4) is 11.5 Å². The Labute approximate surface area is 203 Å². The summed E-state index contributed by atoms with van der Waals surface area (Å²) in [6, 6.07) is 5.75. The minimum Gasteiger partial charge on any atom is -0.493 e. The summed E-state index contributed by atoms with van der Waals surface area (Å²) in [7, 11) is 3.20. The highest BCUT2D eigenvalue weighted by molar-refractivity contribution is 6.32. The Kier molecular flexibility index (Phi) is 5.74. The number of nitrogens with zero attached hydrogens (tertiary/aromatic N) is 2. The van der Waals surface area contributed by atoms with E-state index in [4.69, 9.17) is 21.1 Å². The van der Waals surface area contributed by atoms with E-state index in [9.17, 15) is 14.7 Å². The zero-order valence-electron chi connectivity index (χ0n) is 19.5. The predicted molar refractivity (Wildman–Crippen MR) is 128 cm³/mol. The van der Waals surface area contributed by atoms with Gasteiger partial charge in [-0.15, -0.1) is 0 Å². The average molecular weight is 488 g/mol. The fourth-order valence-corrected chi connectivity index (χ4v) is 7.18. The molecule has 8 nitrogen and oxygen atoms in total. The van der Waals surface area contributed by atoms with E-state index in [0.717, 1.165) is 24.8 Å². The summed E-state index contributed by atoms with van der Waals surface area (Å²) in [6.07, 6.45) is 6.81. The molecule has 0 saturated heterocycles. The Bertz CT molecular complexity index is 1170. The molecule has 0 radical (unpaired) electrons. The van der Waals surface area contributed by atoms with Crippen LogP contribution in [-0.2, 0) is 16.8 Å². The van der Waals surface area contributed by atoms with Gasteiger partial charge >= 0.3 is 5.97 Å². The number of aliphatic carboxylic acids is 1. The first-order valence-corrected chi connectivity index (χ1v) is 12.1. The van der Waals surface area contributed by atoms with Crippen molar-refractivity contribution in [3.05, 3.63) is 45.3 Å². The number of benzene rings is 1. The number of halogens is 1. The maximum Gasteiger partial charge on any atom is 0.309 e. The third kappa shape index (κ3) is 3.72. The average Bonchev–Trinajstić information content (AvgIpc) is 2.80. The summed E-state index contributed by atoms with van der Waals surface area (Å²) < 4.78 is 12.1. The van der Waals surface area contributed by atoms with Crippen molar-refractivity contribution >= 4 is 23.3 Å². The van der Waals surface area contributed by atoms with Crippen molar-refractivity contribution < 1.29 is 19.4 Å². The van der Waals surface area contributed by atoms with Gasteiger partial charge in [0.2, 0.25) is 0 Å². The third-order valence-corrected chi connectivity index (χ3v) is 8.39. The molecule has 2 N–H and O–H groups in total. The lowest BCUT2D eigenvalue weighted by Crippen LogP contribution is -2.61. The molecular weight excluding hydrogens is 458 g/mol. The third-order valence-electron chi connectivity index (χ3n) is 8.03. The number of anilines is 1. The van der Waals surface area contributed by atoms with E-state index in [1.807, 2.05) is 18.2 Å². The van der Waals surface area contributed by atoms with Gasteiger partial charge < -0.3 is 19.9 Å². The van der Waals surface area contributed by atoms with Gasteiger partial charge in [-0.2, -0.15) is 5.10 Å². The predicted octanol–water partition coefficient (Wildman–Crippen LogP) is 3.95. The smallest absolute Gasteiger partial charge is 0.309 e. The fourth-order valence-electron chi connectivity index (χ4n) is 6.98. The second-order valence-corrected chi connectivity index (χ2v) is 10.6. The number of hydrogen-bond acceptors (Lipinski definition) is 6. The van der Waals surface area contributed by atoms with Crippen LogP contribution in [0.25, 0.3) is 0 Å². The second-order valence-electron chi connectivity index (χ2n) is 10.2. The molecule has 1 aromatic carbocycles. The molecule has 1 heterocycles. The van der Waals surface area contributed by atoms with Crippen LogP contribution in [0.3, 0.4) is 0 Å². The van der Waals surface area contributed by atoms with Gasteiger partial charge in [0, 0.05) is 6.54 Å². The molecule has 4 fully saturated rings. The fraction of sp³-hybridized carbons (Fsp3) is 0.560. The highest BCUT2D eigenvalue weighted by atomic mass is 35.5. The van der Waals surface area contributed by atoms with Gasteiger partial charge in [0.25, 0.3) is 5.56 Å². The Morgan fingerprint density at radius 2 is 1.91 bits per heavy atom. The molecule has 34 heavy (non-hydrogen) atoms. The summed E-state index contributed by atoms with van der Waals surface area (Å²) in [5, 5.41) is 17.8. The number of methoxy groups -OCH3 is 2. The lowest BCUT2D eigenvalue weighted by atomic mass is 9.47. The quantitative estimate of drug-likeness (QED) is 0.581. The lowest BCUT2D eigenvalue weighted by Gasteiger charge is -2.60. The summed E-state index contributed by atoms with van der Waals surface area (Å²) in [4.78, 5) is 25.5. The van der Waals surface area contributed by atoms with Gasteiger partial charge in [0.15, 0.2) is 11.5 Å². The molecule has 0 amide bonds. The minimum atomic E-state index is -0.742. The van der Waals surface area contributed by atoms with Gasteiger partial charge in [0.1, 0.15) is 5.02 Å². The largest absolute Gasteiger partial charge is 0.493 e. The number of nitrogens with one attached hydrogen (secondary N) is 1. The van der Waals surface area contributed by atoms with E-state index in [1.165, 1.54) is 4.68 Å². The van der Waals surface area contributed by atoms with Crippen molar-refractivity contribution in [2.75, 3.05) is 26.1 Å². The summed E-state index contributed by atoms with van der Waals surface area (Å²) in [5.41, 5.74) is -0.105. The normalized spacial score (nSPS) is 29.1. The highest BCUT2D eigenvalue weighted by Crippen LogP contribution is 2.63. The van der Waals surface area contributed by atoms with Gasteiger partial charge in [-0.1, -0.05) is 17.7 Å². The number of carboxylic acids is 1. The number of ether oxygens (including phenoxy) is 2. The lowest BCUT2D eigenvalue weighted by molar-refractivity contribution is -0.173. The van der Waals surface area contributed by atoms with Crippen molar-refractivity contribution in [3.63, 3.8) is 0 Å². The topological polar surface area (TPSA) is 103 Å². The number of hydrogen-bond donors (Lipinski definition) is 2. The molecule has 4 bridgehead atoms. The standard InChI is InChI=1S/C25H30ClN3O5/c1-33-19-4-3-15(8-20(19)34-2)5-6-27-18-13-28-29(22(30)21(18)26)25-11-16-7-17(12-25)10-24(9-16,14-25)23(31)32/h3-4,8,13,16-17,27H,5-7,9-12,14H2,1-2H3,(H,31,32). The molecule has 6 rings (SSSR count).